The van der Waals surface area contributed by atoms with Gasteiger partial charge in [0, 0.05) is 25.1 Å². The zero-order chi connectivity index (χ0) is 19.0. The largest absolute Gasteiger partial charge is 0.508 e. The van der Waals surface area contributed by atoms with Crippen LogP contribution in [0.4, 0.5) is 0 Å². The normalized spacial score (nSPS) is 27.1. The van der Waals surface area contributed by atoms with E-state index < -0.39 is 6.04 Å². The van der Waals surface area contributed by atoms with Gasteiger partial charge in [-0.3, -0.25) is 4.79 Å². The summed E-state index contributed by atoms with van der Waals surface area (Å²) in [5.41, 5.74) is 7.89. The maximum Gasteiger partial charge on any atom is 0.242 e. The summed E-state index contributed by atoms with van der Waals surface area (Å²) in [7, 11) is 1.61. The molecule has 4 unspecified atom stereocenters. The maximum atomic E-state index is 13.1. The lowest BCUT2D eigenvalue weighted by Crippen LogP contribution is -2.42. The van der Waals surface area contributed by atoms with Crippen LogP contribution in [-0.2, 0) is 9.53 Å². The summed E-state index contributed by atoms with van der Waals surface area (Å²) in [5.74, 6) is 0.184. The first-order chi connectivity index (χ1) is 13.1. The van der Waals surface area contributed by atoms with E-state index in [0.29, 0.717) is 13.2 Å². The van der Waals surface area contributed by atoms with Crippen molar-refractivity contribution in [2.75, 3.05) is 20.3 Å². The van der Waals surface area contributed by atoms with Gasteiger partial charge in [-0.2, -0.15) is 0 Å². The van der Waals surface area contributed by atoms with Crippen LogP contribution in [0.2, 0.25) is 0 Å². The molecule has 2 fully saturated rings. The van der Waals surface area contributed by atoms with Gasteiger partial charge in [0.15, 0.2) is 0 Å². The first kappa shape index (κ1) is 17.8. The Morgan fingerprint density at radius 3 is 2.59 bits per heavy atom. The topological polar surface area (TPSA) is 94.1 Å². The molecule has 142 valence electrons. The molecule has 0 aliphatic carbocycles. The summed E-state index contributed by atoms with van der Waals surface area (Å²) in [5, 5.41) is 20.3. The van der Waals surface area contributed by atoms with E-state index in [0.717, 1.165) is 11.1 Å². The molecule has 0 bridgehead atoms. The number of nitrogens with one attached hydrogen (secondary N) is 2. The third-order valence-corrected chi connectivity index (χ3v) is 5.43. The fraction of sp³-hybridized carbons (Fsp3) is 0.350. The minimum Gasteiger partial charge on any atom is -0.508 e. The number of benzene rings is 2. The molecule has 2 aromatic carbocycles. The Balaban J connectivity index is 1.77. The number of carbonyl (C=O) groups is 1. The fourth-order valence-electron chi connectivity index (χ4n) is 4.26. The van der Waals surface area contributed by atoms with Crippen molar-refractivity contribution < 1.29 is 19.7 Å². The second-order valence-corrected chi connectivity index (χ2v) is 6.94. The molecule has 2 heterocycles. The minimum atomic E-state index is -0.418. The molecule has 2 saturated heterocycles. The highest BCUT2D eigenvalue weighted by molar-refractivity contribution is 5.86. The van der Waals surface area contributed by atoms with E-state index in [1.165, 1.54) is 0 Å². The predicted molar refractivity (Wildman–Crippen MR) is 98.8 cm³/mol. The van der Waals surface area contributed by atoms with Crippen LogP contribution in [0, 0.1) is 5.92 Å². The number of methoxy groups -OCH3 is 1. The van der Waals surface area contributed by atoms with Gasteiger partial charge in [0.2, 0.25) is 5.91 Å². The third-order valence-electron chi connectivity index (χ3n) is 5.43. The zero-order valence-electron chi connectivity index (χ0n) is 15.0. The highest BCUT2D eigenvalue weighted by atomic mass is 16.5. The van der Waals surface area contributed by atoms with E-state index >= 15 is 0 Å². The Morgan fingerprint density at radius 2 is 1.85 bits per heavy atom. The number of hydrogen-bond donors (Lipinski definition) is 4. The first-order valence-electron chi connectivity index (χ1n) is 8.99. The van der Waals surface area contributed by atoms with Crippen molar-refractivity contribution in [1.82, 2.24) is 15.8 Å². The van der Waals surface area contributed by atoms with Crippen molar-refractivity contribution in [1.29, 1.82) is 0 Å². The van der Waals surface area contributed by atoms with Crippen molar-refractivity contribution >= 4 is 5.91 Å². The van der Waals surface area contributed by atoms with Gasteiger partial charge in [0.25, 0.3) is 0 Å². The number of hydrogen-bond acceptors (Lipinski definition) is 6. The van der Waals surface area contributed by atoms with Crippen molar-refractivity contribution in [3.05, 3.63) is 59.7 Å². The molecule has 0 spiro atoms. The number of likely N-dealkylation sites (tertiary alicyclic amines) is 1. The molecule has 4 rings (SSSR count). The Hall–Kier alpha value is -2.61. The molecule has 27 heavy (non-hydrogen) atoms. The number of phenolic OH excluding ortho intramolecular Hbond substituents is 2. The van der Waals surface area contributed by atoms with Crippen LogP contribution in [0.3, 0.4) is 0 Å². The zero-order valence-corrected chi connectivity index (χ0v) is 15.0. The minimum absolute atomic E-state index is 0.0178. The van der Waals surface area contributed by atoms with Gasteiger partial charge in [-0.05, 0) is 23.8 Å². The van der Waals surface area contributed by atoms with Crippen LogP contribution in [0.25, 0.3) is 0 Å². The van der Waals surface area contributed by atoms with Crippen molar-refractivity contribution in [3.63, 3.8) is 0 Å². The maximum absolute atomic E-state index is 13.1. The smallest absolute Gasteiger partial charge is 0.242 e. The molecule has 7 nitrogen and oxygen atoms in total. The van der Waals surface area contributed by atoms with Crippen LogP contribution in [0.15, 0.2) is 48.5 Å². The molecule has 2 aliphatic heterocycles. The number of para-hydroxylation sites is 1. The quantitative estimate of drug-likeness (QED) is 0.638. The van der Waals surface area contributed by atoms with Crippen LogP contribution in [0.5, 0.6) is 11.5 Å². The molecule has 0 saturated carbocycles. The molecular weight excluding hydrogens is 346 g/mol. The molecule has 7 heteroatoms. The number of rotatable bonds is 5. The lowest BCUT2D eigenvalue weighted by Gasteiger charge is -2.31. The van der Waals surface area contributed by atoms with Crippen LogP contribution >= 0.6 is 0 Å². The van der Waals surface area contributed by atoms with Crippen LogP contribution < -0.4 is 10.9 Å². The number of aromatic hydroxyl groups is 2. The van der Waals surface area contributed by atoms with Gasteiger partial charge in [-0.15, -0.1) is 0 Å². The summed E-state index contributed by atoms with van der Waals surface area (Å²) >= 11 is 0. The van der Waals surface area contributed by atoms with Gasteiger partial charge in [0.1, 0.15) is 17.5 Å². The molecule has 4 N–H and O–H groups in total. The summed E-state index contributed by atoms with van der Waals surface area (Å²) in [4.78, 5) is 14.9. The molecule has 0 aromatic heterocycles. The predicted octanol–water partition coefficient (Wildman–Crippen LogP) is 1.46. The highest BCUT2D eigenvalue weighted by Gasteiger charge is 2.55. The summed E-state index contributed by atoms with van der Waals surface area (Å²) in [6.45, 7) is 0.882. The number of carbonyl (C=O) groups excluding carboxylic acids is 1. The number of nitrogens with zero attached hydrogens (tertiary/aromatic N) is 1. The fourth-order valence-corrected chi connectivity index (χ4v) is 4.26. The SMILES string of the molecule is COCCN1C(=O)C2NNC(c3ccccc3O)C2C1c1cccc(O)c1. The van der Waals surface area contributed by atoms with E-state index in [1.54, 1.807) is 42.3 Å². The summed E-state index contributed by atoms with van der Waals surface area (Å²) < 4.78 is 5.19. The van der Waals surface area contributed by atoms with Gasteiger partial charge >= 0.3 is 0 Å². The number of hydrazine groups is 1. The molecule has 0 radical (unpaired) electrons. The summed E-state index contributed by atoms with van der Waals surface area (Å²) in [6.07, 6.45) is 0. The van der Waals surface area contributed by atoms with Gasteiger partial charge < -0.3 is 19.8 Å². The first-order valence-corrected chi connectivity index (χ1v) is 8.99. The van der Waals surface area contributed by atoms with Crippen molar-refractivity contribution in [3.8, 4) is 11.5 Å². The standard InChI is InChI=1S/C20H23N3O4/c1-27-10-9-23-19(12-5-4-6-13(24)11-12)16-17(21-22-18(16)20(23)26)14-7-2-3-8-15(14)25/h2-8,11,16-19,21-22,24-25H,9-10H2,1H3. The van der Waals surface area contributed by atoms with Gasteiger partial charge in [-0.1, -0.05) is 30.3 Å². The third kappa shape index (κ3) is 3.03. The Kier molecular flexibility index (Phi) is 4.73. The van der Waals surface area contributed by atoms with E-state index in [4.69, 9.17) is 4.74 Å². The van der Waals surface area contributed by atoms with E-state index in [9.17, 15) is 15.0 Å². The molecule has 2 aliphatic rings. The van der Waals surface area contributed by atoms with E-state index in [1.807, 2.05) is 18.2 Å². The number of fused-ring (bicyclic) bond motifs is 1. The number of phenols is 2. The second kappa shape index (κ2) is 7.19. The Labute approximate surface area is 157 Å². The van der Waals surface area contributed by atoms with Crippen LogP contribution in [0.1, 0.15) is 23.2 Å². The molecule has 4 atom stereocenters. The van der Waals surface area contributed by atoms with Crippen molar-refractivity contribution in [2.24, 2.45) is 5.92 Å². The number of amides is 1. The average molecular weight is 369 g/mol. The second-order valence-electron chi connectivity index (χ2n) is 6.94. The van der Waals surface area contributed by atoms with Gasteiger partial charge in [0.05, 0.1) is 18.7 Å². The Morgan fingerprint density at radius 1 is 1.07 bits per heavy atom. The van der Waals surface area contributed by atoms with E-state index in [-0.39, 0.29) is 35.4 Å². The monoisotopic (exact) mass is 369 g/mol. The highest BCUT2D eigenvalue weighted by Crippen LogP contribution is 2.48. The Bertz CT molecular complexity index is 843. The molecular formula is C20H23N3O4. The van der Waals surface area contributed by atoms with E-state index in [2.05, 4.69) is 10.9 Å². The lowest BCUT2D eigenvalue weighted by atomic mass is 9.83. The average Bonchev–Trinajstić information content (AvgIpc) is 3.20. The number of ether oxygens (including phenoxy) is 1. The summed E-state index contributed by atoms with van der Waals surface area (Å²) in [6, 6.07) is 13.2. The van der Waals surface area contributed by atoms with Crippen molar-refractivity contribution in [2.45, 2.75) is 18.1 Å². The van der Waals surface area contributed by atoms with Gasteiger partial charge in [-0.25, -0.2) is 10.9 Å². The molecule has 1 amide bonds. The van der Waals surface area contributed by atoms with Crippen LogP contribution in [-0.4, -0.2) is 47.3 Å². The lowest BCUT2D eigenvalue weighted by molar-refractivity contribution is -0.131. The molecule has 2 aromatic rings.